The monoisotopic (exact) mass is 294 g/mol. The second kappa shape index (κ2) is 5.24. The minimum Gasteiger partial charge on any atom is -0.400 e. The van der Waals surface area contributed by atoms with E-state index < -0.39 is 0 Å². The van der Waals surface area contributed by atoms with Crippen LogP contribution in [0.4, 0.5) is 0 Å². The van der Waals surface area contributed by atoms with Crippen LogP contribution in [-0.2, 0) is 9.31 Å². The number of hydrogen-bond acceptors (Lipinski definition) is 4. The Hall–Kier alpha value is -0.715. The van der Waals surface area contributed by atoms with E-state index in [0.717, 1.165) is 22.4 Å². The molecule has 1 aromatic heterocycles. The third-order valence-corrected chi connectivity index (χ3v) is 4.62. The van der Waals surface area contributed by atoms with Gasteiger partial charge in [-0.15, -0.1) is 0 Å². The lowest BCUT2D eigenvalue weighted by molar-refractivity contribution is 0.00578. The Morgan fingerprint density at radius 2 is 1.80 bits per heavy atom. The van der Waals surface area contributed by atoms with Crippen molar-refractivity contribution in [3.8, 4) is 0 Å². The minimum absolute atomic E-state index is 0.333. The highest BCUT2D eigenvalue weighted by Crippen LogP contribution is 2.39. The Morgan fingerprint density at radius 1 is 1.25 bits per heavy atom. The van der Waals surface area contributed by atoms with Crippen LogP contribution in [0.1, 0.15) is 44.6 Å². The molecule has 0 bridgehead atoms. The Labute approximate surface area is 126 Å². The number of aromatic nitrogens is 2. The smallest absolute Gasteiger partial charge is 0.400 e. The van der Waals surface area contributed by atoms with Crippen molar-refractivity contribution in [1.82, 2.24) is 10.2 Å². The van der Waals surface area contributed by atoms with Gasteiger partial charge in [-0.3, -0.25) is 5.10 Å². The van der Waals surface area contributed by atoms with Gasteiger partial charge >= 0.3 is 7.12 Å². The lowest BCUT2D eigenvalue weighted by Crippen LogP contribution is -2.41. The fourth-order valence-corrected chi connectivity index (χ4v) is 2.38. The molecular weight excluding hydrogens is 271 g/mol. The van der Waals surface area contributed by atoms with Crippen LogP contribution in [0.5, 0.6) is 0 Å². The van der Waals surface area contributed by atoms with E-state index in [1.807, 2.05) is 13.8 Å². The quantitative estimate of drug-likeness (QED) is 0.665. The zero-order valence-electron chi connectivity index (χ0n) is 13.1. The second-order valence-electron chi connectivity index (χ2n) is 6.31. The summed E-state index contributed by atoms with van der Waals surface area (Å²) in [7, 11) is -0.355. The second-order valence-corrected chi connectivity index (χ2v) is 6.63. The van der Waals surface area contributed by atoms with Crippen LogP contribution < -0.4 is 0 Å². The van der Waals surface area contributed by atoms with E-state index in [0.29, 0.717) is 5.75 Å². The summed E-state index contributed by atoms with van der Waals surface area (Å²) in [5.41, 5.74) is 3.44. The molecule has 6 heteroatoms. The third kappa shape index (κ3) is 2.69. The number of aryl methyl sites for hydroxylation is 2. The number of nitrogens with one attached hydrogen (secondary N) is 1. The van der Waals surface area contributed by atoms with Gasteiger partial charge < -0.3 is 9.31 Å². The molecule has 2 heterocycles. The van der Waals surface area contributed by atoms with E-state index in [2.05, 4.69) is 56.6 Å². The molecular formula is C14H23BN2O2S. The van der Waals surface area contributed by atoms with Crippen molar-refractivity contribution in [2.75, 3.05) is 5.75 Å². The molecule has 1 fully saturated rings. The summed E-state index contributed by atoms with van der Waals surface area (Å²) in [6.45, 7) is 12.2. The molecule has 0 saturated carbocycles. The van der Waals surface area contributed by atoms with Gasteiger partial charge in [0.1, 0.15) is 0 Å². The number of rotatable bonds is 3. The van der Waals surface area contributed by atoms with Gasteiger partial charge in [-0.2, -0.15) is 17.7 Å². The number of H-pyrrole nitrogens is 1. The van der Waals surface area contributed by atoms with Crippen molar-refractivity contribution in [2.45, 2.75) is 52.7 Å². The van der Waals surface area contributed by atoms with Crippen LogP contribution in [0.3, 0.4) is 0 Å². The first kappa shape index (κ1) is 15.7. The normalized spacial score (nSPS) is 21.6. The third-order valence-electron chi connectivity index (χ3n) is 4.25. The molecule has 1 aliphatic heterocycles. The molecule has 0 aromatic carbocycles. The summed E-state index contributed by atoms with van der Waals surface area (Å²) in [6, 6.07) is 0. The van der Waals surface area contributed by atoms with Crippen molar-refractivity contribution in [1.29, 1.82) is 0 Å². The maximum Gasteiger partial charge on any atom is 0.491 e. The summed E-state index contributed by atoms with van der Waals surface area (Å²) in [6.07, 6.45) is 2.07. The standard InChI is InChI=1S/C14H23BN2O2S/c1-9-12(10(2)17-16-9)7-11(8-20)15-18-13(3,4)14(5,6)19-15/h7,20H,8H2,1-6H3,(H,16,17). The Kier molecular flexibility index (Phi) is 4.11. The summed E-state index contributed by atoms with van der Waals surface area (Å²) in [5.74, 6) is 0.584. The zero-order valence-corrected chi connectivity index (χ0v) is 14.0. The van der Waals surface area contributed by atoms with Crippen LogP contribution in [-0.4, -0.2) is 34.3 Å². The molecule has 0 radical (unpaired) electrons. The fraction of sp³-hybridized carbons (Fsp3) is 0.643. The molecule has 0 spiro atoms. The van der Waals surface area contributed by atoms with Crippen LogP contribution in [0.2, 0.25) is 0 Å². The Bertz CT molecular complexity index is 502. The van der Waals surface area contributed by atoms with Crippen molar-refractivity contribution >= 4 is 25.8 Å². The van der Waals surface area contributed by atoms with Gasteiger partial charge in [-0.05, 0) is 47.0 Å². The SMILES string of the molecule is Cc1n[nH]c(C)c1C=C(CS)B1OC(C)(C)C(C)(C)O1. The first-order chi connectivity index (χ1) is 9.18. The van der Waals surface area contributed by atoms with Gasteiger partial charge in [0.05, 0.1) is 16.9 Å². The molecule has 1 aliphatic rings. The summed E-state index contributed by atoms with van der Waals surface area (Å²) < 4.78 is 12.2. The molecule has 0 aliphatic carbocycles. The minimum atomic E-state index is -0.355. The molecule has 4 nitrogen and oxygen atoms in total. The van der Waals surface area contributed by atoms with E-state index in [4.69, 9.17) is 9.31 Å². The lowest BCUT2D eigenvalue weighted by atomic mass is 9.78. The average Bonchev–Trinajstić information content (AvgIpc) is 2.75. The van der Waals surface area contributed by atoms with Gasteiger partial charge in [0.25, 0.3) is 0 Å². The fourth-order valence-electron chi connectivity index (χ4n) is 2.14. The topological polar surface area (TPSA) is 47.1 Å². The van der Waals surface area contributed by atoms with E-state index in [1.165, 1.54) is 0 Å². The maximum absolute atomic E-state index is 6.08. The van der Waals surface area contributed by atoms with Crippen molar-refractivity contribution in [3.63, 3.8) is 0 Å². The lowest BCUT2D eigenvalue weighted by Gasteiger charge is -2.32. The Morgan fingerprint density at radius 3 is 2.20 bits per heavy atom. The average molecular weight is 294 g/mol. The van der Waals surface area contributed by atoms with E-state index in [9.17, 15) is 0 Å². The van der Waals surface area contributed by atoms with E-state index in [1.54, 1.807) is 0 Å². The summed E-state index contributed by atoms with van der Waals surface area (Å²) in [4.78, 5) is 0. The zero-order chi connectivity index (χ0) is 15.1. The highest BCUT2D eigenvalue weighted by Gasteiger charge is 2.52. The van der Waals surface area contributed by atoms with Gasteiger partial charge in [-0.25, -0.2) is 0 Å². The number of thiol groups is 1. The highest BCUT2D eigenvalue weighted by molar-refractivity contribution is 7.80. The van der Waals surface area contributed by atoms with Crippen LogP contribution in [0, 0.1) is 13.8 Å². The van der Waals surface area contributed by atoms with Crippen LogP contribution in [0.25, 0.3) is 6.08 Å². The number of hydrogen-bond donors (Lipinski definition) is 2. The molecule has 20 heavy (non-hydrogen) atoms. The van der Waals surface area contributed by atoms with Crippen LogP contribution in [0.15, 0.2) is 5.47 Å². The molecule has 0 unspecified atom stereocenters. The van der Waals surface area contributed by atoms with Crippen LogP contribution >= 0.6 is 12.6 Å². The Balaban J connectivity index is 2.31. The first-order valence-corrected chi connectivity index (χ1v) is 7.50. The van der Waals surface area contributed by atoms with Gasteiger partial charge in [0.2, 0.25) is 0 Å². The molecule has 1 aromatic rings. The highest BCUT2D eigenvalue weighted by atomic mass is 32.1. The largest absolute Gasteiger partial charge is 0.491 e. The maximum atomic E-state index is 6.08. The summed E-state index contributed by atoms with van der Waals surface area (Å²) >= 11 is 4.42. The molecule has 0 atom stereocenters. The number of nitrogens with zero attached hydrogens (tertiary/aromatic N) is 1. The number of aromatic amines is 1. The molecule has 0 amide bonds. The van der Waals surface area contributed by atoms with Gasteiger partial charge in [-0.1, -0.05) is 6.08 Å². The first-order valence-electron chi connectivity index (χ1n) is 6.86. The summed E-state index contributed by atoms with van der Waals surface area (Å²) in [5, 5.41) is 7.20. The molecule has 2 rings (SSSR count). The van der Waals surface area contributed by atoms with Gasteiger partial charge in [0.15, 0.2) is 0 Å². The van der Waals surface area contributed by atoms with E-state index in [-0.39, 0.29) is 18.3 Å². The molecule has 1 saturated heterocycles. The van der Waals surface area contributed by atoms with E-state index >= 15 is 0 Å². The molecule has 110 valence electrons. The molecule has 1 N–H and O–H groups in total. The van der Waals surface area contributed by atoms with Gasteiger partial charge in [0, 0.05) is 17.0 Å². The van der Waals surface area contributed by atoms with Crippen molar-refractivity contribution in [2.24, 2.45) is 0 Å². The predicted octanol–water partition coefficient (Wildman–Crippen LogP) is 2.97. The van der Waals surface area contributed by atoms with Crippen molar-refractivity contribution < 1.29 is 9.31 Å². The predicted molar refractivity (Wildman–Crippen MR) is 86.0 cm³/mol. The van der Waals surface area contributed by atoms with Crippen molar-refractivity contribution in [3.05, 3.63) is 22.4 Å².